The molecule has 9 heteroatoms. The van der Waals surface area contributed by atoms with Gasteiger partial charge >= 0.3 is 0 Å². The van der Waals surface area contributed by atoms with Crippen molar-refractivity contribution < 1.29 is 9.84 Å². The largest absolute Gasteiger partial charge is 0.391 e. The normalized spacial score (nSPS) is 25.5. The van der Waals surface area contributed by atoms with Gasteiger partial charge in [0.05, 0.1) is 33.8 Å². The number of aromatic nitrogens is 3. The van der Waals surface area contributed by atoms with E-state index in [0.29, 0.717) is 29.2 Å². The lowest BCUT2D eigenvalue weighted by Gasteiger charge is -2.27. The molecule has 0 aromatic carbocycles. The first-order chi connectivity index (χ1) is 13.0. The zero-order valence-corrected chi connectivity index (χ0v) is 17.0. The van der Waals surface area contributed by atoms with Crippen LogP contribution in [0.5, 0.6) is 0 Å². The van der Waals surface area contributed by atoms with E-state index in [1.165, 1.54) is 6.20 Å². The lowest BCUT2D eigenvalue weighted by molar-refractivity contribution is -0.00535. The standard InChI is InChI=1S/C13H16ClN5S.C5H10O2/c1-7-4-16-3-2-8(7)12-17-6-10(20-12)11-9(14)5-18-13(15)19-11;6-5-2-1-3-7-4-5/h5-8,16H,2-4H2,1H3,(H2,15,18,19);5-6H,1-4H2. The number of rotatable bonds is 2. The van der Waals surface area contributed by atoms with Gasteiger partial charge < -0.3 is 20.9 Å². The van der Waals surface area contributed by atoms with E-state index in [-0.39, 0.29) is 12.1 Å². The van der Waals surface area contributed by atoms with Crippen molar-refractivity contribution in [1.82, 2.24) is 20.3 Å². The molecule has 2 saturated heterocycles. The molecule has 27 heavy (non-hydrogen) atoms. The van der Waals surface area contributed by atoms with E-state index in [4.69, 9.17) is 27.2 Å². The molecule has 0 spiro atoms. The summed E-state index contributed by atoms with van der Waals surface area (Å²) in [6, 6.07) is 0. The molecule has 2 fully saturated rings. The Morgan fingerprint density at radius 1 is 1.33 bits per heavy atom. The van der Waals surface area contributed by atoms with Crippen molar-refractivity contribution in [2.45, 2.75) is 38.2 Å². The van der Waals surface area contributed by atoms with Crippen LogP contribution in [-0.4, -0.2) is 52.5 Å². The number of ether oxygens (including phenoxy) is 1. The Balaban J connectivity index is 0.000000253. The Morgan fingerprint density at radius 2 is 2.19 bits per heavy atom. The maximum atomic E-state index is 8.78. The molecule has 0 bridgehead atoms. The van der Waals surface area contributed by atoms with Crippen molar-refractivity contribution in [2.24, 2.45) is 5.92 Å². The number of hydrogen-bond donors (Lipinski definition) is 3. The van der Waals surface area contributed by atoms with Crippen molar-refractivity contribution >= 4 is 28.9 Å². The molecule has 4 rings (SSSR count). The molecule has 0 amide bonds. The zero-order chi connectivity index (χ0) is 19.2. The number of anilines is 1. The number of nitrogens with zero attached hydrogens (tertiary/aromatic N) is 3. The van der Waals surface area contributed by atoms with Gasteiger partial charge in [0.15, 0.2) is 0 Å². The van der Waals surface area contributed by atoms with Gasteiger partial charge in [0, 0.05) is 18.7 Å². The second kappa shape index (κ2) is 9.75. The minimum absolute atomic E-state index is 0.186. The lowest BCUT2D eigenvalue weighted by Crippen LogP contribution is -2.33. The fourth-order valence-electron chi connectivity index (χ4n) is 3.23. The van der Waals surface area contributed by atoms with Crippen LogP contribution in [0.2, 0.25) is 5.02 Å². The van der Waals surface area contributed by atoms with E-state index in [9.17, 15) is 0 Å². The van der Waals surface area contributed by atoms with Crippen LogP contribution in [-0.2, 0) is 4.74 Å². The predicted octanol–water partition coefficient (Wildman–Crippen LogP) is 2.71. The molecule has 0 radical (unpaired) electrons. The van der Waals surface area contributed by atoms with E-state index in [2.05, 4.69) is 27.2 Å². The summed E-state index contributed by atoms with van der Waals surface area (Å²) in [4.78, 5) is 13.6. The number of aliphatic hydroxyl groups excluding tert-OH is 1. The van der Waals surface area contributed by atoms with Gasteiger partial charge in [-0.3, -0.25) is 0 Å². The summed E-state index contributed by atoms with van der Waals surface area (Å²) in [5.74, 6) is 1.33. The minimum Gasteiger partial charge on any atom is -0.391 e. The summed E-state index contributed by atoms with van der Waals surface area (Å²) in [5.41, 5.74) is 6.30. The summed E-state index contributed by atoms with van der Waals surface area (Å²) in [6.07, 6.45) is 6.23. The van der Waals surface area contributed by atoms with Crippen molar-refractivity contribution in [3.8, 4) is 10.6 Å². The average molecular weight is 412 g/mol. The summed E-state index contributed by atoms with van der Waals surface area (Å²) in [6.45, 7) is 5.72. The Hall–Kier alpha value is -1.32. The molecule has 2 aliphatic rings. The third-order valence-corrected chi connectivity index (χ3v) is 6.17. The van der Waals surface area contributed by atoms with Crippen LogP contribution < -0.4 is 11.1 Å². The number of nitrogens with one attached hydrogen (secondary N) is 1. The highest BCUT2D eigenvalue weighted by atomic mass is 35.5. The maximum Gasteiger partial charge on any atom is 0.220 e. The van der Waals surface area contributed by atoms with E-state index in [1.807, 2.05) is 6.20 Å². The van der Waals surface area contributed by atoms with Gasteiger partial charge in [-0.1, -0.05) is 18.5 Å². The van der Waals surface area contributed by atoms with Crippen molar-refractivity contribution in [1.29, 1.82) is 0 Å². The van der Waals surface area contributed by atoms with Crippen LogP contribution in [0.4, 0.5) is 5.95 Å². The van der Waals surface area contributed by atoms with Crippen LogP contribution in [0.15, 0.2) is 12.4 Å². The van der Waals surface area contributed by atoms with E-state index in [1.54, 1.807) is 11.3 Å². The molecule has 2 aliphatic heterocycles. The Kier molecular flexibility index (Phi) is 7.37. The zero-order valence-electron chi connectivity index (χ0n) is 15.4. The van der Waals surface area contributed by atoms with Crippen molar-refractivity contribution in [3.63, 3.8) is 0 Å². The number of halogens is 1. The molecule has 0 aliphatic carbocycles. The van der Waals surface area contributed by atoms with Gasteiger partial charge in [-0.25, -0.2) is 15.0 Å². The number of nitrogens with two attached hydrogens (primary N) is 1. The highest BCUT2D eigenvalue weighted by Crippen LogP contribution is 2.37. The minimum atomic E-state index is -0.186. The smallest absolute Gasteiger partial charge is 0.220 e. The SMILES string of the molecule is CC1CNCCC1c1ncc(-c2nc(N)ncc2Cl)s1.OC1CCCOC1. The number of hydrogen-bond acceptors (Lipinski definition) is 8. The van der Waals surface area contributed by atoms with Crippen LogP contribution in [0.1, 0.15) is 37.1 Å². The fraction of sp³-hybridized carbons (Fsp3) is 0.611. The molecule has 4 heterocycles. The number of nitrogen functional groups attached to an aromatic ring is 1. The Bertz CT molecular complexity index is 738. The molecule has 3 unspecified atom stereocenters. The van der Waals surface area contributed by atoms with Crippen molar-refractivity contribution in [3.05, 3.63) is 22.4 Å². The third kappa shape index (κ3) is 5.58. The monoisotopic (exact) mass is 411 g/mol. The Morgan fingerprint density at radius 3 is 2.85 bits per heavy atom. The summed E-state index contributed by atoms with van der Waals surface area (Å²) in [7, 11) is 0. The summed E-state index contributed by atoms with van der Waals surface area (Å²) >= 11 is 7.79. The lowest BCUT2D eigenvalue weighted by atomic mass is 9.88. The number of aliphatic hydroxyl groups is 1. The first-order valence-corrected chi connectivity index (χ1v) is 10.4. The van der Waals surface area contributed by atoms with Gasteiger partial charge in [0.2, 0.25) is 5.95 Å². The molecule has 7 nitrogen and oxygen atoms in total. The van der Waals surface area contributed by atoms with Crippen LogP contribution in [0, 0.1) is 5.92 Å². The van der Waals surface area contributed by atoms with E-state index < -0.39 is 0 Å². The maximum absolute atomic E-state index is 8.78. The average Bonchev–Trinajstić information content (AvgIpc) is 3.15. The summed E-state index contributed by atoms with van der Waals surface area (Å²) in [5, 5.41) is 13.9. The molecular formula is C18H26ClN5O2S. The van der Waals surface area contributed by atoms with Gasteiger partial charge in [0.25, 0.3) is 0 Å². The topological polar surface area (TPSA) is 106 Å². The number of thiazole rings is 1. The fourth-order valence-corrected chi connectivity index (χ4v) is 4.67. The Labute approximate surface area is 168 Å². The molecule has 2 aromatic heterocycles. The molecule has 148 valence electrons. The van der Waals surface area contributed by atoms with Crippen LogP contribution in [0.25, 0.3) is 10.6 Å². The molecular weight excluding hydrogens is 386 g/mol. The van der Waals surface area contributed by atoms with E-state index in [0.717, 1.165) is 48.8 Å². The molecule has 4 N–H and O–H groups in total. The highest BCUT2D eigenvalue weighted by molar-refractivity contribution is 7.15. The van der Waals surface area contributed by atoms with Crippen LogP contribution in [0.3, 0.4) is 0 Å². The first kappa shape index (κ1) is 20.4. The second-order valence-electron chi connectivity index (χ2n) is 6.94. The predicted molar refractivity (Wildman–Crippen MR) is 108 cm³/mol. The molecule has 3 atom stereocenters. The third-order valence-electron chi connectivity index (χ3n) is 4.76. The second-order valence-corrected chi connectivity index (χ2v) is 8.40. The molecule has 0 saturated carbocycles. The van der Waals surface area contributed by atoms with Crippen molar-refractivity contribution in [2.75, 3.05) is 32.0 Å². The van der Waals surface area contributed by atoms with Gasteiger partial charge in [-0.15, -0.1) is 11.3 Å². The van der Waals surface area contributed by atoms with Gasteiger partial charge in [-0.05, 0) is 38.3 Å². The number of piperidine rings is 1. The molecule has 2 aromatic rings. The van der Waals surface area contributed by atoms with E-state index >= 15 is 0 Å². The van der Waals surface area contributed by atoms with Crippen LogP contribution >= 0.6 is 22.9 Å². The van der Waals surface area contributed by atoms with Gasteiger partial charge in [-0.2, -0.15) is 0 Å². The quantitative estimate of drug-likeness (QED) is 0.697. The first-order valence-electron chi connectivity index (χ1n) is 9.25. The summed E-state index contributed by atoms with van der Waals surface area (Å²) < 4.78 is 4.93. The van der Waals surface area contributed by atoms with Gasteiger partial charge in [0.1, 0.15) is 5.69 Å². The highest BCUT2D eigenvalue weighted by Gasteiger charge is 2.26.